The lowest BCUT2D eigenvalue weighted by molar-refractivity contribution is 0.769. The van der Waals surface area contributed by atoms with E-state index in [1.54, 1.807) is 0 Å². The molecule has 0 amide bonds. The largest absolute Gasteiger partial charge is 0.0713 e. The second-order valence-corrected chi connectivity index (χ2v) is 17.4. The summed E-state index contributed by atoms with van der Waals surface area (Å²) in [6.45, 7) is 0. The average Bonchev–Trinajstić information content (AvgIpc) is 3.69. The Morgan fingerprint density at radius 2 is 0.508 bits per heavy atom. The zero-order valence-electron chi connectivity index (χ0n) is 35.7. The molecule has 0 heteroatoms. The maximum atomic E-state index is 2.49. The Balaban J connectivity index is 1.06. The van der Waals surface area contributed by atoms with Gasteiger partial charge in [-0.2, -0.15) is 0 Å². The maximum Gasteiger partial charge on any atom is 0.0713 e. The van der Waals surface area contributed by atoms with Gasteiger partial charge in [0.25, 0.3) is 0 Å². The summed E-state index contributed by atoms with van der Waals surface area (Å²) in [5.41, 5.74) is 17.1. The lowest BCUT2D eigenvalue weighted by Gasteiger charge is -2.34. The van der Waals surface area contributed by atoms with Crippen molar-refractivity contribution in [3.63, 3.8) is 0 Å². The van der Waals surface area contributed by atoms with Gasteiger partial charge in [0.15, 0.2) is 0 Å². The molecule has 0 nitrogen and oxygen atoms in total. The van der Waals surface area contributed by atoms with Crippen LogP contribution < -0.4 is 0 Å². The molecule has 1 aliphatic carbocycles. The molecule has 65 heavy (non-hydrogen) atoms. The van der Waals surface area contributed by atoms with Gasteiger partial charge < -0.3 is 0 Å². The number of rotatable bonds is 6. The van der Waals surface area contributed by atoms with E-state index < -0.39 is 5.41 Å². The Labute approximate surface area is 379 Å². The first-order valence-corrected chi connectivity index (χ1v) is 22.7. The Kier molecular flexibility index (Phi) is 8.54. The first-order chi connectivity index (χ1) is 32.3. The highest BCUT2D eigenvalue weighted by molar-refractivity contribution is 6.22. The molecule has 302 valence electrons. The number of hydrogen-bond acceptors (Lipinski definition) is 0. The Hall–Kier alpha value is -8.32. The van der Waals surface area contributed by atoms with Gasteiger partial charge in [-0.3, -0.25) is 0 Å². The van der Waals surface area contributed by atoms with Crippen LogP contribution in [0.1, 0.15) is 22.3 Å². The minimum Gasteiger partial charge on any atom is -0.0622 e. The van der Waals surface area contributed by atoms with Gasteiger partial charge in [0, 0.05) is 0 Å². The van der Waals surface area contributed by atoms with Crippen molar-refractivity contribution in [2.24, 2.45) is 0 Å². The molecule has 0 radical (unpaired) electrons. The van der Waals surface area contributed by atoms with E-state index in [-0.39, 0.29) is 0 Å². The summed E-state index contributed by atoms with van der Waals surface area (Å²) in [4.78, 5) is 0. The van der Waals surface area contributed by atoms with Gasteiger partial charge in [-0.05, 0) is 127 Å². The van der Waals surface area contributed by atoms with Crippen LogP contribution in [0.4, 0.5) is 0 Å². The predicted octanol–water partition coefficient (Wildman–Crippen LogP) is 17.3. The van der Waals surface area contributed by atoms with E-state index in [0.29, 0.717) is 0 Å². The van der Waals surface area contributed by atoms with Crippen molar-refractivity contribution in [3.8, 4) is 55.6 Å². The summed E-state index contributed by atoms with van der Waals surface area (Å²) < 4.78 is 0. The molecule has 0 aromatic heterocycles. The van der Waals surface area contributed by atoms with E-state index >= 15 is 0 Å². The third kappa shape index (κ3) is 5.57. The van der Waals surface area contributed by atoms with Gasteiger partial charge in [0.05, 0.1) is 5.41 Å². The van der Waals surface area contributed by atoms with Gasteiger partial charge in [-0.15, -0.1) is 0 Å². The van der Waals surface area contributed by atoms with Crippen LogP contribution in [0.2, 0.25) is 0 Å². The SMILES string of the molecule is c1ccc(-c2c3ccccc3c(-c3ccc(C4(c5cccc(-c6c7ccccc7c(-c7ccccc7)c7ccccc67)c5)c5ccccc5-c5ccccc54)cc3)c3ccccc23)cc1. The van der Waals surface area contributed by atoms with Crippen molar-refractivity contribution in [3.05, 3.63) is 277 Å². The van der Waals surface area contributed by atoms with Crippen LogP contribution in [0.15, 0.2) is 255 Å². The zero-order valence-corrected chi connectivity index (χ0v) is 35.7. The highest BCUT2D eigenvalue weighted by atomic mass is 14.5. The van der Waals surface area contributed by atoms with Crippen molar-refractivity contribution in [1.29, 1.82) is 0 Å². The molecule has 0 fully saturated rings. The third-order valence-corrected chi connectivity index (χ3v) is 14.1. The van der Waals surface area contributed by atoms with Crippen LogP contribution in [0.3, 0.4) is 0 Å². The zero-order chi connectivity index (χ0) is 42.9. The van der Waals surface area contributed by atoms with Crippen LogP contribution in [-0.4, -0.2) is 0 Å². The normalized spacial score (nSPS) is 12.7. The van der Waals surface area contributed by atoms with Crippen molar-refractivity contribution in [1.82, 2.24) is 0 Å². The molecule has 13 rings (SSSR count). The van der Waals surface area contributed by atoms with E-state index in [4.69, 9.17) is 0 Å². The van der Waals surface area contributed by atoms with Gasteiger partial charge in [0.1, 0.15) is 0 Å². The fourth-order valence-electron chi connectivity index (χ4n) is 11.5. The summed E-state index contributed by atoms with van der Waals surface area (Å²) in [5, 5.41) is 10.1. The first-order valence-electron chi connectivity index (χ1n) is 22.7. The Morgan fingerprint density at radius 1 is 0.200 bits per heavy atom. The molecule has 12 aromatic carbocycles. The van der Waals surface area contributed by atoms with Gasteiger partial charge in [-0.1, -0.05) is 249 Å². The van der Waals surface area contributed by atoms with Gasteiger partial charge in [-0.25, -0.2) is 0 Å². The highest BCUT2D eigenvalue weighted by Gasteiger charge is 2.46. The van der Waals surface area contributed by atoms with E-state index in [2.05, 4.69) is 255 Å². The van der Waals surface area contributed by atoms with Crippen LogP contribution in [0.25, 0.3) is 98.7 Å². The van der Waals surface area contributed by atoms with Gasteiger partial charge in [0.2, 0.25) is 0 Å². The molecular weight excluding hydrogens is 781 g/mol. The molecule has 0 bridgehead atoms. The number of hydrogen-bond donors (Lipinski definition) is 0. The van der Waals surface area contributed by atoms with Crippen molar-refractivity contribution >= 4 is 43.1 Å². The molecule has 0 atom stereocenters. The smallest absolute Gasteiger partial charge is 0.0622 e. The molecule has 0 spiro atoms. The van der Waals surface area contributed by atoms with E-state index in [0.717, 1.165) is 0 Å². The average molecular weight is 823 g/mol. The maximum absolute atomic E-state index is 2.49. The Morgan fingerprint density at radius 3 is 0.908 bits per heavy atom. The molecule has 0 saturated heterocycles. The highest BCUT2D eigenvalue weighted by Crippen LogP contribution is 2.57. The molecular formula is C65H42. The topological polar surface area (TPSA) is 0 Å². The van der Waals surface area contributed by atoms with Gasteiger partial charge >= 0.3 is 0 Å². The molecule has 0 N–H and O–H groups in total. The van der Waals surface area contributed by atoms with Crippen LogP contribution in [0, 0.1) is 0 Å². The minimum atomic E-state index is -0.571. The summed E-state index contributed by atoms with van der Waals surface area (Å²) in [5.74, 6) is 0. The molecule has 12 aromatic rings. The summed E-state index contributed by atoms with van der Waals surface area (Å²) >= 11 is 0. The third-order valence-electron chi connectivity index (χ3n) is 14.1. The van der Waals surface area contributed by atoms with Crippen LogP contribution in [-0.2, 0) is 5.41 Å². The summed E-state index contributed by atoms with van der Waals surface area (Å²) in [6.07, 6.45) is 0. The second kappa shape index (κ2) is 14.9. The van der Waals surface area contributed by atoms with E-state index in [9.17, 15) is 0 Å². The first kappa shape index (κ1) is 37.3. The lowest BCUT2D eigenvalue weighted by Crippen LogP contribution is -2.28. The number of benzene rings is 12. The Bertz CT molecular complexity index is 3640. The monoisotopic (exact) mass is 822 g/mol. The predicted molar refractivity (Wildman–Crippen MR) is 276 cm³/mol. The standard InChI is InChI=1S/C65H42/c1-3-20-43(21-4-1)61-51-28-7-9-30-53(51)63(54-31-10-8-29-52(54)61)45-38-40-47(41-39-45)65(59-36-17-15-26-49(59)50-27-16-18-37-60(50)65)48-25-19-24-46(42-48)64-57-34-13-11-32-55(57)62(44-22-5-2-6-23-44)56-33-12-14-35-58(56)64/h1-42H. The molecule has 0 saturated carbocycles. The van der Waals surface area contributed by atoms with E-state index in [1.807, 2.05) is 0 Å². The second-order valence-electron chi connectivity index (χ2n) is 17.4. The lowest BCUT2D eigenvalue weighted by atomic mass is 9.67. The van der Waals surface area contributed by atoms with Crippen molar-refractivity contribution < 1.29 is 0 Å². The van der Waals surface area contributed by atoms with Crippen LogP contribution in [0.5, 0.6) is 0 Å². The minimum absolute atomic E-state index is 0.571. The molecule has 0 unspecified atom stereocenters. The molecule has 0 aliphatic heterocycles. The summed E-state index contributed by atoms with van der Waals surface area (Å²) in [6, 6.07) is 94.7. The van der Waals surface area contributed by atoms with Crippen molar-refractivity contribution in [2.45, 2.75) is 5.41 Å². The fourth-order valence-corrected chi connectivity index (χ4v) is 11.5. The van der Waals surface area contributed by atoms with Crippen molar-refractivity contribution in [2.75, 3.05) is 0 Å². The summed E-state index contributed by atoms with van der Waals surface area (Å²) in [7, 11) is 0. The quantitative estimate of drug-likeness (QED) is 0.147. The molecule has 0 heterocycles. The number of fused-ring (bicyclic) bond motifs is 7. The molecule has 1 aliphatic rings. The van der Waals surface area contributed by atoms with E-state index in [1.165, 1.54) is 121 Å². The fraction of sp³-hybridized carbons (Fsp3) is 0.0154. The van der Waals surface area contributed by atoms with Crippen LogP contribution >= 0.6 is 0 Å².